The monoisotopic (exact) mass is 287 g/mol. The van der Waals surface area contributed by atoms with Crippen molar-refractivity contribution in [3.05, 3.63) is 17.7 Å². The van der Waals surface area contributed by atoms with Gasteiger partial charge in [-0.15, -0.1) is 0 Å². The third-order valence-electron chi connectivity index (χ3n) is 2.59. The van der Waals surface area contributed by atoms with Crippen LogP contribution in [0.5, 0.6) is 11.5 Å². The fourth-order valence-electron chi connectivity index (χ4n) is 1.88. The molecule has 0 saturated carbocycles. The van der Waals surface area contributed by atoms with Gasteiger partial charge in [-0.2, -0.15) is 0 Å². The summed E-state index contributed by atoms with van der Waals surface area (Å²) in [6.07, 6.45) is 1.62. The number of hydrogen-bond acceptors (Lipinski definition) is 5. The van der Waals surface area contributed by atoms with Crippen LogP contribution < -0.4 is 15.2 Å². The van der Waals surface area contributed by atoms with Crippen LogP contribution in [0.2, 0.25) is 0 Å². The Kier molecular flexibility index (Phi) is 4.47. The van der Waals surface area contributed by atoms with E-state index in [-0.39, 0.29) is 4.90 Å². The van der Waals surface area contributed by atoms with Gasteiger partial charge in [0.05, 0.1) is 14.2 Å². The summed E-state index contributed by atoms with van der Waals surface area (Å²) in [6, 6.07) is 3.21. The van der Waals surface area contributed by atoms with Crippen molar-refractivity contribution in [3.8, 4) is 11.5 Å². The van der Waals surface area contributed by atoms with Gasteiger partial charge in [0, 0.05) is 23.4 Å². The molecule has 5 nitrogen and oxygen atoms in total. The second-order valence-corrected chi connectivity index (χ2v) is 7.24. The van der Waals surface area contributed by atoms with Crippen LogP contribution in [0, 0.1) is 0 Å². The minimum atomic E-state index is -3.40. The summed E-state index contributed by atoms with van der Waals surface area (Å²) in [5.74, 6) is 0.808. The zero-order valence-electron chi connectivity index (χ0n) is 12.0. The molecule has 6 heteroatoms. The molecule has 1 aromatic rings. The fraction of sp³-hybridized carbons (Fsp3) is 0.538. The first-order valence-electron chi connectivity index (χ1n) is 5.82. The maximum atomic E-state index is 11.8. The number of ether oxygens (including phenoxy) is 2. The summed E-state index contributed by atoms with van der Waals surface area (Å²) in [4.78, 5) is 0.119. The lowest BCUT2D eigenvalue weighted by Gasteiger charge is -2.22. The van der Waals surface area contributed by atoms with Crippen molar-refractivity contribution in [3.63, 3.8) is 0 Å². The van der Waals surface area contributed by atoms with Gasteiger partial charge >= 0.3 is 0 Å². The van der Waals surface area contributed by atoms with Crippen molar-refractivity contribution >= 4 is 9.84 Å². The van der Waals surface area contributed by atoms with E-state index in [1.165, 1.54) is 20.3 Å². The third-order valence-corrected chi connectivity index (χ3v) is 3.69. The van der Waals surface area contributed by atoms with Gasteiger partial charge in [-0.3, -0.25) is 0 Å². The number of benzene rings is 1. The van der Waals surface area contributed by atoms with E-state index in [9.17, 15) is 8.42 Å². The highest BCUT2D eigenvalue weighted by atomic mass is 32.2. The maximum absolute atomic E-state index is 11.8. The molecule has 0 radical (unpaired) electrons. The van der Waals surface area contributed by atoms with E-state index in [0.717, 1.165) is 11.8 Å². The lowest BCUT2D eigenvalue weighted by atomic mass is 9.95. The highest BCUT2D eigenvalue weighted by Crippen LogP contribution is 2.34. The molecule has 1 rings (SSSR count). The predicted octanol–water partition coefficient (Wildman–Crippen LogP) is 1.39. The van der Waals surface area contributed by atoms with E-state index >= 15 is 0 Å². The van der Waals surface area contributed by atoms with Gasteiger partial charge in [0.25, 0.3) is 0 Å². The number of methoxy groups -OCH3 is 2. The van der Waals surface area contributed by atoms with Crippen molar-refractivity contribution < 1.29 is 17.9 Å². The van der Waals surface area contributed by atoms with Gasteiger partial charge in [0.1, 0.15) is 16.4 Å². The molecule has 0 aliphatic rings. The molecular formula is C13H21NO4S. The molecule has 1 aromatic carbocycles. The average Bonchev–Trinajstić information content (AvgIpc) is 2.24. The average molecular weight is 287 g/mol. The van der Waals surface area contributed by atoms with Crippen LogP contribution in [0.1, 0.15) is 19.4 Å². The van der Waals surface area contributed by atoms with Crippen molar-refractivity contribution in [1.82, 2.24) is 0 Å². The van der Waals surface area contributed by atoms with Gasteiger partial charge in [0.15, 0.2) is 9.84 Å². The number of rotatable bonds is 5. The topological polar surface area (TPSA) is 78.6 Å². The molecule has 0 aromatic heterocycles. The van der Waals surface area contributed by atoms with Crippen molar-refractivity contribution in [1.29, 1.82) is 0 Å². The SMILES string of the molecule is COc1cc(CC(C)(C)N)c(OC)c(S(C)(=O)=O)c1. The van der Waals surface area contributed by atoms with E-state index in [4.69, 9.17) is 15.2 Å². The molecule has 108 valence electrons. The Morgan fingerprint density at radius 1 is 1.21 bits per heavy atom. The summed E-state index contributed by atoms with van der Waals surface area (Å²) in [7, 11) is -0.463. The normalized spacial score (nSPS) is 12.3. The molecule has 19 heavy (non-hydrogen) atoms. The summed E-state index contributed by atoms with van der Waals surface area (Å²) in [5, 5.41) is 0. The van der Waals surface area contributed by atoms with Crippen molar-refractivity contribution in [2.45, 2.75) is 30.7 Å². The zero-order chi connectivity index (χ0) is 14.8. The summed E-state index contributed by atoms with van der Waals surface area (Å²) < 4.78 is 34.1. The molecule has 0 unspecified atom stereocenters. The molecule has 0 aliphatic carbocycles. The third kappa shape index (κ3) is 4.11. The lowest BCUT2D eigenvalue weighted by Crippen LogP contribution is -2.34. The largest absolute Gasteiger partial charge is 0.497 e. The first-order valence-corrected chi connectivity index (χ1v) is 7.71. The van der Waals surface area contributed by atoms with E-state index < -0.39 is 15.4 Å². The number of sulfone groups is 1. The minimum Gasteiger partial charge on any atom is -0.497 e. The predicted molar refractivity (Wildman–Crippen MR) is 74.6 cm³/mol. The molecule has 2 N–H and O–H groups in total. The first-order chi connectivity index (χ1) is 8.58. The van der Waals surface area contributed by atoms with Crippen LogP contribution in [0.4, 0.5) is 0 Å². The smallest absolute Gasteiger partial charge is 0.179 e. The Hall–Kier alpha value is -1.27. The van der Waals surface area contributed by atoms with Crippen LogP contribution in [0.3, 0.4) is 0 Å². The van der Waals surface area contributed by atoms with E-state index in [1.807, 2.05) is 13.8 Å². The molecule has 0 aliphatic heterocycles. The van der Waals surface area contributed by atoms with Crippen molar-refractivity contribution in [2.24, 2.45) is 5.73 Å². The Morgan fingerprint density at radius 2 is 1.79 bits per heavy atom. The Morgan fingerprint density at radius 3 is 2.16 bits per heavy atom. The van der Waals surface area contributed by atoms with E-state index in [0.29, 0.717) is 17.9 Å². The van der Waals surface area contributed by atoms with Crippen LogP contribution in [-0.2, 0) is 16.3 Å². The number of hydrogen-bond donors (Lipinski definition) is 1. The summed E-state index contributed by atoms with van der Waals surface area (Å²) in [6.45, 7) is 3.73. The molecule has 0 amide bonds. The molecule has 0 bridgehead atoms. The highest BCUT2D eigenvalue weighted by Gasteiger charge is 2.23. The molecule has 0 fully saturated rings. The van der Waals surface area contributed by atoms with Gasteiger partial charge in [-0.25, -0.2) is 8.42 Å². The molecular weight excluding hydrogens is 266 g/mol. The second kappa shape index (κ2) is 5.38. The van der Waals surface area contributed by atoms with Crippen molar-refractivity contribution in [2.75, 3.05) is 20.5 Å². The fourth-order valence-corrected chi connectivity index (χ4v) is 2.76. The lowest BCUT2D eigenvalue weighted by molar-refractivity contribution is 0.381. The molecule has 0 atom stereocenters. The van der Waals surface area contributed by atoms with Crippen LogP contribution in [0.25, 0.3) is 0 Å². The van der Waals surface area contributed by atoms with Gasteiger partial charge in [-0.1, -0.05) is 0 Å². The van der Waals surface area contributed by atoms with Crippen LogP contribution in [-0.4, -0.2) is 34.4 Å². The standard InChI is InChI=1S/C13H21NO4S/c1-13(2,14)8-9-6-10(17-3)7-11(12(9)18-4)19(5,15)16/h6-7H,8,14H2,1-5H3. The Bertz CT molecular complexity index is 559. The van der Waals surface area contributed by atoms with Gasteiger partial charge in [-0.05, 0) is 26.3 Å². The zero-order valence-corrected chi connectivity index (χ0v) is 12.8. The maximum Gasteiger partial charge on any atom is 0.179 e. The first kappa shape index (κ1) is 15.8. The molecule has 0 saturated heterocycles. The van der Waals surface area contributed by atoms with Gasteiger partial charge in [0.2, 0.25) is 0 Å². The Labute approximate surface area is 114 Å². The number of nitrogens with two attached hydrogens (primary N) is 1. The molecule has 0 spiro atoms. The van der Waals surface area contributed by atoms with E-state index in [1.54, 1.807) is 6.07 Å². The Balaban J connectivity index is 3.53. The van der Waals surface area contributed by atoms with E-state index in [2.05, 4.69) is 0 Å². The summed E-state index contributed by atoms with van der Waals surface area (Å²) in [5.41, 5.74) is 6.24. The van der Waals surface area contributed by atoms with Crippen LogP contribution in [0.15, 0.2) is 17.0 Å². The van der Waals surface area contributed by atoms with Gasteiger partial charge < -0.3 is 15.2 Å². The quantitative estimate of drug-likeness (QED) is 0.885. The highest BCUT2D eigenvalue weighted by molar-refractivity contribution is 7.90. The second-order valence-electron chi connectivity index (χ2n) is 5.26. The van der Waals surface area contributed by atoms with Crippen LogP contribution >= 0.6 is 0 Å². The summed E-state index contributed by atoms with van der Waals surface area (Å²) >= 11 is 0. The molecule has 0 heterocycles. The minimum absolute atomic E-state index is 0.119.